The first-order chi connectivity index (χ1) is 12.8. The maximum atomic E-state index is 9.27. The molecule has 2 saturated heterocycles. The van der Waals surface area contributed by atoms with Gasteiger partial charge in [0.05, 0.1) is 18.0 Å². The number of aromatic nitrogens is 3. The van der Waals surface area contributed by atoms with Crippen molar-refractivity contribution in [3.05, 3.63) is 41.3 Å². The Labute approximate surface area is 154 Å². The maximum absolute atomic E-state index is 9.27. The molecule has 1 atom stereocenters. The van der Waals surface area contributed by atoms with Crippen molar-refractivity contribution in [3.63, 3.8) is 0 Å². The molecule has 140 valence electrons. The number of aliphatic hydroxyl groups is 1. The van der Waals surface area contributed by atoms with E-state index in [-0.39, 0.29) is 6.61 Å². The number of likely N-dealkylation sites (tertiary alicyclic amines) is 1. The number of H-pyrrole nitrogens is 1. The summed E-state index contributed by atoms with van der Waals surface area (Å²) in [5.74, 6) is 1.57. The van der Waals surface area contributed by atoms with Gasteiger partial charge in [0.1, 0.15) is 0 Å². The molecule has 1 unspecified atom stereocenters. The average Bonchev–Trinajstić information content (AvgIpc) is 3.19. The topological polar surface area (TPSA) is 80.3 Å². The second-order valence-electron chi connectivity index (χ2n) is 7.27. The van der Waals surface area contributed by atoms with Crippen molar-refractivity contribution in [2.24, 2.45) is 0 Å². The van der Waals surface area contributed by atoms with E-state index in [0.717, 1.165) is 63.0 Å². The Hall–Kier alpha value is -1.96. The lowest BCUT2D eigenvalue weighted by atomic mass is 9.94. The van der Waals surface area contributed by atoms with Gasteiger partial charge in [-0.3, -0.25) is 15.0 Å². The number of aliphatic hydroxyl groups excluding tert-OH is 1. The number of pyridine rings is 1. The van der Waals surface area contributed by atoms with Gasteiger partial charge >= 0.3 is 0 Å². The lowest BCUT2D eigenvalue weighted by molar-refractivity contribution is 0.196. The largest absolute Gasteiger partial charge is 0.390 e. The summed E-state index contributed by atoms with van der Waals surface area (Å²) in [7, 11) is 0. The summed E-state index contributed by atoms with van der Waals surface area (Å²) >= 11 is 0. The van der Waals surface area contributed by atoms with E-state index in [1.807, 2.05) is 18.2 Å². The monoisotopic (exact) mass is 356 g/mol. The zero-order valence-corrected chi connectivity index (χ0v) is 15.2. The van der Waals surface area contributed by atoms with Crippen molar-refractivity contribution in [1.29, 1.82) is 0 Å². The van der Waals surface area contributed by atoms with Crippen LogP contribution in [-0.2, 0) is 13.2 Å². The molecule has 26 heavy (non-hydrogen) atoms. The molecule has 4 heterocycles. The Morgan fingerprint density at radius 1 is 1.15 bits per heavy atom. The van der Waals surface area contributed by atoms with Gasteiger partial charge in [-0.1, -0.05) is 6.07 Å². The minimum atomic E-state index is -0.000589. The molecule has 0 aromatic carbocycles. The third kappa shape index (κ3) is 4.06. The van der Waals surface area contributed by atoms with Crippen LogP contribution in [0.2, 0.25) is 0 Å². The Morgan fingerprint density at radius 2 is 2.00 bits per heavy atom. The van der Waals surface area contributed by atoms with Crippen molar-refractivity contribution in [3.8, 4) is 0 Å². The number of hydrogen-bond acceptors (Lipinski definition) is 6. The highest BCUT2D eigenvalue weighted by Crippen LogP contribution is 2.28. The SMILES string of the molecule is OCc1cccc(CN2CCCC(c3cc(N4CCNCC4)n[nH]3)C2)n1. The van der Waals surface area contributed by atoms with Crippen LogP contribution in [0.1, 0.15) is 35.8 Å². The first-order valence-corrected chi connectivity index (χ1v) is 9.61. The average molecular weight is 356 g/mol. The second kappa shape index (κ2) is 8.16. The van der Waals surface area contributed by atoms with Crippen LogP contribution in [0.4, 0.5) is 5.82 Å². The number of piperazine rings is 1. The summed E-state index contributed by atoms with van der Waals surface area (Å²) in [5.41, 5.74) is 3.02. The van der Waals surface area contributed by atoms with Gasteiger partial charge < -0.3 is 15.3 Å². The molecular weight excluding hydrogens is 328 g/mol. The second-order valence-corrected chi connectivity index (χ2v) is 7.27. The molecule has 2 aliphatic heterocycles. The highest BCUT2D eigenvalue weighted by atomic mass is 16.3. The van der Waals surface area contributed by atoms with E-state index < -0.39 is 0 Å². The van der Waals surface area contributed by atoms with Crippen LogP contribution < -0.4 is 10.2 Å². The lowest BCUT2D eigenvalue weighted by Crippen LogP contribution is -2.43. The van der Waals surface area contributed by atoms with Crippen LogP contribution in [0, 0.1) is 0 Å². The van der Waals surface area contributed by atoms with E-state index in [0.29, 0.717) is 5.92 Å². The first-order valence-electron chi connectivity index (χ1n) is 9.61. The molecule has 2 fully saturated rings. The fourth-order valence-corrected chi connectivity index (χ4v) is 3.98. The fraction of sp³-hybridized carbons (Fsp3) is 0.579. The van der Waals surface area contributed by atoms with Crippen LogP contribution in [-0.4, -0.2) is 64.5 Å². The predicted molar refractivity (Wildman–Crippen MR) is 101 cm³/mol. The molecule has 0 spiro atoms. The van der Waals surface area contributed by atoms with Gasteiger partial charge in [0.25, 0.3) is 0 Å². The normalized spacial score (nSPS) is 21.9. The summed E-state index contributed by atoms with van der Waals surface area (Å²) in [6.45, 7) is 7.05. The van der Waals surface area contributed by atoms with Gasteiger partial charge in [0.2, 0.25) is 0 Å². The van der Waals surface area contributed by atoms with Crippen molar-refractivity contribution < 1.29 is 5.11 Å². The molecule has 7 heteroatoms. The quantitative estimate of drug-likeness (QED) is 0.744. The number of hydrogen-bond donors (Lipinski definition) is 3. The highest BCUT2D eigenvalue weighted by Gasteiger charge is 2.24. The molecule has 0 bridgehead atoms. The van der Waals surface area contributed by atoms with Crippen molar-refractivity contribution >= 4 is 5.82 Å². The van der Waals surface area contributed by atoms with Crippen molar-refractivity contribution in [2.75, 3.05) is 44.2 Å². The Balaban J connectivity index is 1.39. The molecule has 7 nitrogen and oxygen atoms in total. The zero-order chi connectivity index (χ0) is 17.8. The van der Waals surface area contributed by atoms with Crippen molar-refractivity contribution in [2.45, 2.75) is 31.9 Å². The van der Waals surface area contributed by atoms with Gasteiger partial charge in [-0.25, -0.2) is 0 Å². The number of nitrogens with zero attached hydrogens (tertiary/aromatic N) is 4. The minimum absolute atomic E-state index is 0.000589. The van der Waals surface area contributed by atoms with Crippen LogP contribution in [0.5, 0.6) is 0 Å². The van der Waals surface area contributed by atoms with Gasteiger partial charge in [-0.05, 0) is 31.5 Å². The maximum Gasteiger partial charge on any atom is 0.150 e. The van der Waals surface area contributed by atoms with Gasteiger partial charge in [-0.15, -0.1) is 0 Å². The van der Waals surface area contributed by atoms with Crippen molar-refractivity contribution in [1.82, 2.24) is 25.4 Å². The Bertz CT molecular complexity index is 712. The van der Waals surface area contributed by atoms with E-state index in [1.165, 1.54) is 18.5 Å². The zero-order valence-electron chi connectivity index (χ0n) is 15.2. The Kier molecular flexibility index (Phi) is 5.48. The number of rotatable bonds is 5. The summed E-state index contributed by atoms with van der Waals surface area (Å²) < 4.78 is 0. The smallest absolute Gasteiger partial charge is 0.150 e. The van der Waals surface area contributed by atoms with E-state index >= 15 is 0 Å². The molecule has 0 aliphatic carbocycles. The number of nitrogens with one attached hydrogen (secondary N) is 2. The van der Waals surface area contributed by atoms with Crippen LogP contribution in [0.15, 0.2) is 24.3 Å². The molecule has 4 rings (SSSR count). The van der Waals surface area contributed by atoms with Gasteiger partial charge in [-0.2, -0.15) is 5.10 Å². The molecule has 2 aromatic heterocycles. The number of aromatic amines is 1. The molecule has 2 aromatic rings. The molecule has 2 aliphatic rings. The van der Waals surface area contributed by atoms with Gasteiger partial charge in [0, 0.05) is 56.9 Å². The molecule has 0 radical (unpaired) electrons. The molecular formula is C19H28N6O. The molecule has 0 amide bonds. The molecule has 3 N–H and O–H groups in total. The fourth-order valence-electron chi connectivity index (χ4n) is 3.98. The minimum Gasteiger partial charge on any atom is -0.390 e. The van der Waals surface area contributed by atoms with Gasteiger partial charge in [0.15, 0.2) is 5.82 Å². The third-order valence-electron chi connectivity index (χ3n) is 5.38. The molecule has 0 saturated carbocycles. The van der Waals surface area contributed by atoms with Crippen LogP contribution >= 0.6 is 0 Å². The lowest BCUT2D eigenvalue weighted by Gasteiger charge is -2.32. The summed E-state index contributed by atoms with van der Waals surface area (Å²) in [6.07, 6.45) is 2.39. The van der Waals surface area contributed by atoms with Crippen LogP contribution in [0.3, 0.4) is 0 Å². The summed E-state index contributed by atoms with van der Waals surface area (Å²) in [5, 5.41) is 20.5. The standard InChI is InChI=1S/C19H28N6O/c26-14-17-5-1-4-16(21-17)13-24-8-2-3-15(12-24)18-11-19(23-22-18)25-9-6-20-7-10-25/h1,4-5,11,15,20,26H,2-3,6-10,12-14H2,(H,22,23). The Morgan fingerprint density at radius 3 is 2.85 bits per heavy atom. The van der Waals surface area contributed by atoms with E-state index in [9.17, 15) is 5.11 Å². The third-order valence-corrected chi connectivity index (χ3v) is 5.38. The predicted octanol–water partition coefficient (Wildman–Crippen LogP) is 1.09. The van der Waals surface area contributed by atoms with Crippen LogP contribution in [0.25, 0.3) is 0 Å². The summed E-state index contributed by atoms with van der Waals surface area (Å²) in [4.78, 5) is 9.33. The summed E-state index contributed by atoms with van der Waals surface area (Å²) in [6, 6.07) is 8.13. The number of anilines is 1. The number of piperidine rings is 1. The van der Waals surface area contributed by atoms with E-state index in [1.54, 1.807) is 0 Å². The van der Waals surface area contributed by atoms with E-state index in [4.69, 9.17) is 0 Å². The first kappa shape index (κ1) is 17.5. The highest BCUT2D eigenvalue weighted by molar-refractivity contribution is 5.41. The van der Waals surface area contributed by atoms with E-state index in [2.05, 4.69) is 36.4 Å².